The molecule has 1 aromatic rings. The van der Waals surface area contributed by atoms with E-state index in [9.17, 15) is 0 Å². The van der Waals surface area contributed by atoms with E-state index in [0.717, 1.165) is 5.75 Å². The molecule has 4 nitrogen and oxygen atoms in total. The zero-order valence-corrected chi connectivity index (χ0v) is 14.5. The number of hydrogen-bond donors (Lipinski definition) is 3. The van der Waals surface area contributed by atoms with Gasteiger partial charge in [0, 0.05) is 5.54 Å². The topological polar surface area (TPSA) is 75.0 Å². The Hall–Kier alpha value is -1.10. The fourth-order valence-corrected chi connectivity index (χ4v) is 5.18. The maximum absolute atomic E-state index is 6.28. The van der Waals surface area contributed by atoms with Crippen molar-refractivity contribution in [3.8, 4) is 5.75 Å². The first-order valence-electron chi connectivity index (χ1n) is 8.94. The highest BCUT2D eigenvalue weighted by molar-refractivity contribution is 5.58. The standard InChI is InChI=1S/C19H27N3O/c1-15(2)18(20-15,19-17(4,21-19)22-19)13-7-9-14(10-8-13)23-16(3)11-5-6-12-16/h7-10,20-22H,5-6,11-12H2,1-4H3. The van der Waals surface area contributed by atoms with Crippen LogP contribution in [-0.4, -0.2) is 22.5 Å². The van der Waals surface area contributed by atoms with Crippen LogP contribution in [0.5, 0.6) is 5.75 Å². The van der Waals surface area contributed by atoms with Crippen molar-refractivity contribution in [3.05, 3.63) is 29.8 Å². The monoisotopic (exact) mass is 313 g/mol. The molecule has 4 fully saturated rings. The number of nitrogens with one attached hydrogen (secondary N) is 3. The van der Waals surface area contributed by atoms with Gasteiger partial charge < -0.3 is 4.74 Å². The second kappa shape index (κ2) is 3.76. The number of fused-ring (bicyclic) bond motifs is 1. The van der Waals surface area contributed by atoms with Gasteiger partial charge in [0.2, 0.25) is 0 Å². The highest BCUT2D eigenvalue weighted by Crippen LogP contribution is 2.69. The molecule has 0 bridgehead atoms. The van der Waals surface area contributed by atoms with Crippen LogP contribution >= 0.6 is 0 Å². The molecule has 3 saturated heterocycles. The molecule has 1 aliphatic carbocycles. The first-order chi connectivity index (χ1) is 10.8. The summed E-state index contributed by atoms with van der Waals surface area (Å²) in [6.07, 6.45) is 4.91. The van der Waals surface area contributed by atoms with Crippen LogP contribution in [0.25, 0.3) is 0 Å². The third-order valence-electron chi connectivity index (χ3n) is 6.75. The lowest BCUT2D eigenvalue weighted by Crippen LogP contribution is -2.41. The number of ether oxygens (including phenoxy) is 1. The fourth-order valence-electron chi connectivity index (χ4n) is 5.18. The van der Waals surface area contributed by atoms with Gasteiger partial charge in [0.05, 0.1) is 5.54 Å². The fraction of sp³-hybridized carbons (Fsp3) is 0.684. The normalized spacial score (nSPS) is 44.5. The molecule has 1 unspecified atom stereocenters. The Morgan fingerprint density at radius 1 is 0.870 bits per heavy atom. The molecule has 1 saturated carbocycles. The van der Waals surface area contributed by atoms with Crippen molar-refractivity contribution < 1.29 is 4.74 Å². The number of rotatable bonds is 4. The molecule has 5 rings (SSSR count). The Labute approximate surface area is 138 Å². The van der Waals surface area contributed by atoms with Gasteiger partial charge in [-0.1, -0.05) is 12.1 Å². The summed E-state index contributed by atoms with van der Waals surface area (Å²) in [5, 5.41) is 11.0. The third-order valence-corrected chi connectivity index (χ3v) is 6.75. The summed E-state index contributed by atoms with van der Waals surface area (Å²) in [6.45, 7) is 9.05. The van der Waals surface area contributed by atoms with Crippen LogP contribution < -0.4 is 20.7 Å². The van der Waals surface area contributed by atoms with E-state index in [1.165, 1.54) is 31.2 Å². The average Bonchev–Trinajstić information content (AvgIpc) is 3.32. The van der Waals surface area contributed by atoms with E-state index >= 15 is 0 Å². The van der Waals surface area contributed by atoms with Crippen LogP contribution in [0.15, 0.2) is 24.3 Å². The average molecular weight is 313 g/mol. The summed E-state index contributed by atoms with van der Waals surface area (Å²) in [7, 11) is 0. The Morgan fingerprint density at radius 3 is 1.83 bits per heavy atom. The van der Waals surface area contributed by atoms with E-state index in [1.54, 1.807) is 0 Å². The van der Waals surface area contributed by atoms with Crippen LogP contribution in [0.1, 0.15) is 58.9 Å². The highest BCUT2D eigenvalue weighted by Gasteiger charge is 2.95. The zero-order chi connectivity index (χ0) is 16.1. The summed E-state index contributed by atoms with van der Waals surface area (Å²) in [6, 6.07) is 8.78. The number of hydrogen-bond acceptors (Lipinski definition) is 4. The Balaban J connectivity index is 1.42. The van der Waals surface area contributed by atoms with Gasteiger partial charge in [-0.15, -0.1) is 0 Å². The molecule has 0 spiro atoms. The quantitative estimate of drug-likeness (QED) is 0.747. The molecule has 23 heavy (non-hydrogen) atoms. The molecular formula is C19H27N3O. The van der Waals surface area contributed by atoms with Crippen LogP contribution in [-0.2, 0) is 5.54 Å². The van der Waals surface area contributed by atoms with Crippen molar-refractivity contribution in [3.63, 3.8) is 0 Å². The summed E-state index contributed by atoms with van der Waals surface area (Å²) in [5.41, 5.74) is 1.59. The van der Waals surface area contributed by atoms with Gasteiger partial charge in [0.15, 0.2) is 0 Å². The van der Waals surface area contributed by atoms with Crippen molar-refractivity contribution in [2.45, 2.75) is 81.4 Å². The minimum Gasteiger partial charge on any atom is -0.488 e. The summed E-state index contributed by atoms with van der Waals surface area (Å²) in [4.78, 5) is 0. The maximum Gasteiger partial charge on any atom is 0.129 e. The largest absolute Gasteiger partial charge is 0.488 e. The lowest BCUT2D eigenvalue weighted by atomic mass is 9.83. The van der Waals surface area contributed by atoms with E-state index in [2.05, 4.69) is 67.9 Å². The van der Waals surface area contributed by atoms with Crippen molar-refractivity contribution in [2.24, 2.45) is 0 Å². The summed E-state index contributed by atoms with van der Waals surface area (Å²) < 4.78 is 6.28. The van der Waals surface area contributed by atoms with Crippen LogP contribution in [0.2, 0.25) is 0 Å². The minimum atomic E-state index is -0.0233. The molecule has 0 radical (unpaired) electrons. The van der Waals surface area contributed by atoms with Gasteiger partial charge in [-0.05, 0) is 71.1 Å². The SMILES string of the molecule is CC1(Oc2ccc(C3(C45NC4(C)N5)NC3(C)C)cc2)CCCC1. The molecule has 1 aromatic carbocycles. The van der Waals surface area contributed by atoms with Crippen LogP contribution in [0, 0.1) is 0 Å². The van der Waals surface area contributed by atoms with E-state index in [-0.39, 0.29) is 28.0 Å². The number of benzene rings is 1. The summed E-state index contributed by atoms with van der Waals surface area (Å²) in [5.74, 6) is 1.000. The molecule has 4 aliphatic rings. The van der Waals surface area contributed by atoms with Gasteiger partial charge >= 0.3 is 0 Å². The molecular weight excluding hydrogens is 286 g/mol. The van der Waals surface area contributed by atoms with Gasteiger partial charge in [0.1, 0.15) is 22.7 Å². The minimum absolute atomic E-state index is 0.0233. The first-order valence-corrected chi connectivity index (χ1v) is 8.94. The molecule has 0 aromatic heterocycles. The van der Waals surface area contributed by atoms with Gasteiger partial charge in [0.25, 0.3) is 0 Å². The molecule has 3 heterocycles. The first kappa shape index (κ1) is 14.3. The molecule has 124 valence electrons. The Kier molecular flexibility index (Phi) is 2.33. The van der Waals surface area contributed by atoms with E-state index in [4.69, 9.17) is 4.74 Å². The van der Waals surface area contributed by atoms with Crippen LogP contribution in [0.4, 0.5) is 0 Å². The van der Waals surface area contributed by atoms with E-state index in [1.807, 2.05) is 0 Å². The van der Waals surface area contributed by atoms with E-state index in [0.29, 0.717) is 0 Å². The third kappa shape index (κ3) is 1.62. The van der Waals surface area contributed by atoms with Crippen molar-refractivity contribution in [2.75, 3.05) is 0 Å². The maximum atomic E-state index is 6.28. The van der Waals surface area contributed by atoms with Crippen molar-refractivity contribution in [1.29, 1.82) is 0 Å². The second-order valence-corrected chi connectivity index (χ2v) is 8.91. The summed E-state index contributed by atoms with van der Waals surface area (Å²) >= 11 is 0. The zero-order valence-electron chi connectivity index (χ0n) is 14.5. The van der Waals surface area contributed by atoms with Crippen molar-refractivity contribution in [1.82, 2.24) is 16.0 Å². The lowest BCUT2D eigenvalue weighted by Gasteiger charge is -2.26. The second-order valence-electron chi connectivity index (χ2n) is 8.91. The van der Waals surface area contributed by atoms with Crippen LogP contribution in [0.3, 0.4) is 0 Å². The smallest absolute Gasteiger partial charge is 0.129 e. The Bertz CT molecular complexity index is 668. The highest BCUT2D eigenvalue weighted by atomic mass is 16.5. The van der Waals surface area contributed by atoms with Gasteiger partial charge in [-0.3, -0.25) is 16.0 Å². The van der Waals surface area contributed by atoms with Gasteiger partial charge in [-0.25, -0.2) is 0 Å². The predicted molar refractivity (Wildman–Crippen MR) is 90.2 cm³/mol. The molecule has 0 amide bonds. The van der Waals surface area contributed by atoms with E-state index < -0.39 is 0 Å². The lowest BCUT2D eigenvalue weighted by molar-refractivity contribution is 0.0968. The molecule has 3 N–H and O–H groups in total. The van der Waals surface area contributed by atoms with Crippen molar-refractivity contribution >= 4 is 0 Å². The molecule has 3 aliphatic heterocycles. The molecule has 4 heteroatoms. The Morgan fingerprint density at radius 2 is 1.39 bits per heavy atom. The van der Waals surface area contributed by atoms with Gasteiger partial charge in [-0.2, -0.15) is 0 Å². The molecule has 1 atom stereocenters. The predicted octanol–water partition coefficient (Wildman–Crippen LogP) is 2.59.